The van der Waals surface area contributed by atoms with Crippen LogP contribution in [-0.4, -0.2) is 39.3 Å². The Morgan fingerprint density at radius 1 is 1.47 bits per heavy atom. The lowest BCUT2D eigenvalue weighted by Gasteiger charge is -2.11. The van der Waals surface area contributed by atoms with Crippen molar-refractivity contribution in [2.24, 2.45) is 0 Å². The third-order valence-corrected chi connectivity index (χ3v) is 2.58. The molecular formula is C11H10N2O4. The van der Waals surface area contributed by atoms with Gasteiger partial charge in [-0.1, -0.05) is 6.07 Å². The Hall–Kier alpha value is -2.24. The second-order valence-electron chi connectivity index (χ2n) is 3.72. The molecule has 0 spiro atoms. The highest BCUT2D eigenvalue weighted by Crippen LogP contribution is 2.27. The van der Waals surface area contributed by atoms with Crippen LogP contribution in [0.1, 0.15) is 18.0 Å². The van der Waals surface area contributed by atoms with Crippen LogP contribution < -0.4 is 0 Å². The normalized spacial score (nSPS) is 19.8. The predicted molar refractivity (Wildman–Crippen MR) is 56.0 cm³/mol. The molecule has 1 aromatic heterocycles. The average Bonchev–Trinajstić information content (AvgIpc) is 2.58. The van der Waals surface area contributed by atoms with Crippen LogP contribution >= 0.6 is 0 Å². The van der Waals surface area contributed by atoms with Gasteiger partial charge in [0.1, 0.15) is 6.54 Å². The third-order valence-electron chi connectivity index (χ3n) is 2.58. The van der Waals surface area contributed by atoms with Gasteiger partial charge >= 0.3 is 5.97 Å². The van der Waals surface area contributed by atoms with Gasteiger partial charge in [-0.15, -0.1) is 0 Å². The van der Waals surface area contributed by atoms with Crippen molar-refractivity contribution >= 4 is 17.8 Å². The Morgan fingerprint density at radius 3 is 2.82 bits per heavy atom. The molecule has 0 saturated carbocycles. The van der Waals surface area contributed by atoms with E-state index in [1.165, 1.54) is 6.20 Å². The van der Waals surface area contributed by atoms with Crippen molar-refractivity contribution in [2.45, 2.75) is 12.3 Å². The summed E-state index contributed by atoms with van der Waals surface area (Å²) < 4.78 is 0. The van der Waals surface area contributed by atoms with Crippen molar-refractivity contribution in [1.82, 2.24) is 9.88 Å². The number of hydrogen-bond acceptors (Lipinski definition) is 4. The fraction of sp³-hybridized carbons (Fsp3) is 0.273. The lowest BCUT2D eigenvalue weighted by Crippen LogP contribution is -2.35. The van der Waals surface area contributed by atoms with Gasteiger partial charge in [0, 0.05) is 12.6 Å². The maximum absolute atomic E-state index is 11.9. The van der Waals surface area contributed by atoms with E-state index in [1.54, 1.807) is 18.2 Å². The van der Waals surface area contributed by atoms with Gasteiger partial charge in [0.25, 0.3) is 0 Å². The standard InChI is InChI=1S/C11H10N2O4/c14-9-5-7(8-3-1-2-4-12-8)11(17)13(9)6-10(15)16/h1-4,7H,5-6H2,(H,15,16). The molecule has 2 heterocycles. The van der Waals surface area contributed by atoms with Crippen LogP contribution in [0.3, 0.4) is 0 Å². The van der Waals surface area contributed by atoms with E-state index < -0.39 is 30.2 Å². The second-order valence-corrected chi connectivity index (χ2v) is 3.72. The zero-order valence-electron chi connectivity index (χ0n) is 8.87. The molecule has 0 radical (unpaired) electrons. The van der Waals surface area contributed by atoms with Gasteiger partial charge in [0.2, 0.25) is 11.8 Å². The number of hydrogen-bond donors (Lipinski definition) is 1. The molecule has 6 nitrogen and oxygen atoms in total. The van der Waals surface area contributed by atoms with E-state index in [1.807, 2.05) is 0 Å². The first-order chi connectivity index (χ1) is 8.09. The summed E-state index contributed by atoms with van der Waals surface area (Å²) in [6.45, 7) is -0.582. The quantitative estimate of drug-likeness (QED) is 0.744. The van der Waals surface area contributed by atoms with Gasteiger partial charge in [-0.05, 0) is 12.1 Å². The molecule has 1 aromatic rings. The Kier molecular flexibility index (Phi) is 2.86. The number of carbonyl (C=O) groups excluding carboxylic acids is 2. The van der Waals surface area contributed by atoms with E-state index in [-0.39, 0.29) is 6.42 Å². The molecular weight excluding hydrogens is 224 g/mol. The topological polar surface area (TPSA) is 87.6 Å². The third kappa shape index (κ3) is 2.15. The van der Waals surface area contributed by atoms with E-state index in [0.717, 1.165) is 4.90 Å². The summed E-state index contributed by atoms with van der Waals surface area (Å²) in [4.78, 5) is 38.7. The molecule has 1 fully saturated rings. The van der Waals surface area contributed by atoms with E-state index >= 15 is 0 Å². The van der Waals surface area contributed by atoms with Gasteiger partial charge in [0.05, 0.1) is 11.6 Å². The number of carboxylic acid groups (broad SMARTS) is 1. The van der Waals surface area contributed by atoms with Gasteiger partial charge in [-0.25, -0.2) is 0 Å². The van der Waals surface area contributed by atoms with E-state index in [9.17, 15) is 14.4 Å². The number of rotatable bonds is 3. The highest BCUT2D eigenvalue weighted by molar-refractivity contribution is 6.07. The Bertz CT molecular complexity index is 472. The van der Waals surface area contributed by atoms with Crippen LogP contribution in [-0.2, 0) is 14.4 Å². The summed E-state index contributed by atoms with van der Waals surface area (Å²) in [7, 11) is 0. The number of aromatic nitrogens is 1. The van der Waals surface area contributed by atoms with E-state index in [2.05, 4.69) is 4.98 Å². The van der Waals surface area contributed by atoms with Gasteiger partial charge < -0.3 is 5.11 Å². The molecule has 2 rings (SSSR count). The Labute approximate surface area is 96.9 Å². The summed E-state index contributed by atoms with van der Waals surface area (Å²) in [5.74, 6) is -2.81. The summed E-state index contributed by atoms with van der Waals surface area (Å²) in [6.07, 6.45) is 1.52. The zero-order valence-corrected chi connectivity index (χ0v) is 8.87. The lowest BCUT2D eigenvalue weighted by molar-refractivity contribution is -0.148. The average molecular weight is 234 g/mol. The molecule has 1 unspecified atom stereocenters. The predicted octanol–water partition coefficient (Wildman–Crippen LogP) is 0.00870. The minimum Gasteiger partial charge on any atom is -0.480 e. The van der Waals surface area contributed by atoms with Gasteiger partial charge in [-0.3, -0.25) is 24.3 Å². The monoisotopic (exact) mass is 234 g/mol. The molecule has 0 bridgehead atoms. The minimum atomic E-state index is -1.20. The van der Waals surface area contributed by atoms with Crippen molar-refractivity contribution in [3.63, 3.8) is 0 Å². The highest BCUT2D eigenvalue weighted by atomic mass is 16.4. The number of amides is 2. The molecule has 2 amide bonds. The van der Waals surface area contributed by atoms with Crippen LogP contribution in [0.25, 0.3) is 0 Å². The molecule has 1 atom stereocenters. The van der Waals surface area contributed by atoms with Crippen molar-refractivity contribution in [3.05, 3.63) is 30.1 Å². The molecule has 1 aliphatic rings. The molecule has 0 aliphatic carbocycles. The Balaban J connectivity index is 2.22. The molecule has 1 aliphatic heterocycles. The number of aliphatic carboxylic acids is 1. The lowest BCUT2D eigenvalue weighted by atomic mass is 10.0. The van der Waals surface area contributed by atoms with E-state index in [0.29, 0.717) is 5.69 Å². The molecule has 6 heteroatoms. The molecule has 88 valence electrons. The van der Waals surface area contributed by atoms with Gasteiger partial charge in [-0.2, -0.15) is 0 Å². The first-order valence-corrected chi connectivity index (χ1v) is 5.06. The number of carbonyl (C=O) groups is 3. The SMILES string of the molecule is O=C(O)CN1C(=O)CC(c2ccccn2)C1=O. The smallest absolute Gasteiger partial charge is 0.323 e. The maximum atomic E-state index is 11.9. The fourth-order valence-corrected chi connectivity index (χ4v) is 1.80. The first-order valence-electron chi connectivity index (χ1n) is 5.06. The minimum absolute atomic E-state index is 0.0108. The van der Waals surface area contributed by atoms with Crippen LogP contribution in [0.2, 0.25) is 0 Å². The first kappa shape index (κ1) is 11.3. The van der Waals surface area contributed by atoms with Crippen LogP contribution in [0, 0.1) is 0 Å². The fourth-order valence-electron chi connectivity index (χ4n) is 1.80. The van der Waals surface area contributed by atoms with Crippen molar-refractivity contribution in [3.8, 4) is 0 Å². The second kappa shape index (κ2) is 4.32. The number of carboxylic acids is 1. The molecule has 1 saturated heterocycles. The summed E-state index contributed by atoms with van der Waals surface area (Å²) in [6, 6.07) is 5.08. The number of pyridine rings is 1. The van der Waals surface area contributed by atoms with Crippen molar-refractivity contribution in [2.75, 3.05) is 6.54 Å². The van der Waals surface area contributed by atoms with E-state index in [4.69, 9.17) is 5.11 Å². The number of imide groups is 1. The van der Waals surface area contributed by atoms with Crippen LogP contribution in [0.4, 0.5) is 0 Å². The largest absolute Gasteiger partial charge is 0.480 e. The number of likely N-dealkylation sites (tertiary alicyclic amines) is 1. The highest BCUT2D eigenvalue weighted by Gasteiger charge is 2.40. The zero-order chi connectivity index (χ0) is 12.4. The van der Waals surface area contributed by atoms with Crippen molar-refractivity contribution < 1.29 is 19.5 Å². The molecule has 0 aromatic carbocycles. The van der Waals surface area contributed by atoms with Crippen LogP contribution in [0.15, 0.2) is 24.4 Å². The summed E-state index contributed by atoms with van der Waals surface area (Å²) >= 11 is 0. The molecule has 17 heavy (non-hydrogen) atoms. The number of nitrogens with zero attached hydrogens (tertiary/aromatic N) is 2. The summed E-state index contributed by atoms with van der Waals surface area (Å²) in [5.41, 5.74) is 0.499. The van der Waals surface area contributed by atoms with Gasteiger partial charge in [0.15, 0.2) is 0 Å². The maximum Gasteiger partial charge on any atom is 0.323 e. The van der Waals surface area contributed by atoms with Crippen molar-refractivity contribution in [1.29, 1.82) is 0 Å². The summed E-state index contributed by atoms with van der Waals surface area (Å²) in [5, 5.41) is 8.60. The Morgan fingerprint density at radius 2 is 2.24 bits per heavy atom. The molecule has 1 N–H and O–H groups in total. The van der Waals surface area contributed by atoms with Crippen LogP contribution in [0.5, 0.6) is 0 Å².